The first kappa shape index (κ1) is 15.5. The van der Waals surface area contributed by atoms with E-state index in [1.165, 1.54) is 5.56 Å². The van der Waals surface area contributed by atoms with Crippen LogP contribution < -0.4 is 4.90 Å². The molecule has 0 saturated heterocycles. The number of aromatic hydroxyl groups is 1. The SMILES string of the molecule is Cc1nnc(CN(CCc2ccccc2)c2ccc(O)cc2)s1. The van der Waals surface area contributed by atoms with Gasteiger partial charge in [-0.15, -0.1) is 10.2 Å². The first-order valence-corrected chi connectivity index (χ1v) is 8.39. The molecule has 0 aliphatic heterocycles. The number of nitrogens with zero attached hydrogens (tertiary/aromatic N) is 3. The summed E-state index contributed by atoms with van der Waals surface area (Å²) in [6.45, 7) is 3.58. The molecular weight excluding hydrogens is 306 g/mol. The van der Waals surface area contributed by atoms with Crippen molar-refractivity contribution in [3.05, 3.63) is 70.2 Å². The van der Waals surface area contributed by atoms with Gasteiger partial charge in [-0.05, 0) is 43.2 Å². The lowest BCUT2D eigenvalue weighted by atomic mass is 10.1. The van der Waals surface area contributed by atoms with Crippen molar-refractivity contribution in [2.45, 2.75) is 19.9 Å². The van der Waals surface area contributed by atoms with Crippen molar-refractivity contribution < 1.29 is 5.11 Å². The Hall–Kier alpha value is -2.40. The van der Waals surface area contributed by atoms with Crippen LogP contribution in [0.25, 0.3) is 0 Å². The van der Waals surface area contributed by atoms with Gasteiger partial charge in [0.2, 0.25) is 0 Å². The van der Waals surface area contributed by atoms with Crippen LogP contribution >= 0.6 is 11.3 Å². The van der Waals surface area contributed by atoms with Crippen LogP contribution in [0.2, 0.25) is 0 Å². The van der Waals surface area contributed by atoms with Crippen LogP contribution in [0.1, 0.15) is 15.6 Å². The zero-order valence-electron chi connectivity index (χ0n) is 13.0. The standard InChI is InChI=1S/C18H19N3OS/c1-14-19-20-18(23-14)13-21(16-7-9-17(22)10-8-16)12-11-15-5-3-2-4-6-15/h2-10,22H,11-13H2,1H3. The largest absolute Gasteiger partial charge is 0.508 e. The average Bonchev–Trinajstić information content (AvgIpc) is 2.98. The average molecular weight is 325 g/mol. The number of aryl methyl sites for hydroxylation is 1. The predicted octanol–water partition coefficient (Wildman–Crippen LogP) is 3.80. The van der Waals surface area contributed by atoms with E-state index in [1.54, 1.807) is 23.5 Å². The fourth-order valence-electron chi connectivity index (χ4n) is 2.44. The fraction of sp³-hybridized carbons (Fsp3) is 0.222. The van der Waals surface area contributed by atoms with E-state index < -0.39 is 0 Å². The molecule has 0 bridgehead atoms. The highest BCUT2D eigenvalue weighted by molar-refractivity contribution is 7.11. The van der Waals surface area contributed by atoms with Crippen LogP contribution in [0.4, 0.5) is 5.69 Å². The second kappa shape index (κ2) is 7.24. The summed E-state index contributed by atoms with van der Waals surface area (Å²) in [5, 5.41) is 19.8. The van der Waals surface area contributed by atoms with Gasteiger partial charge in [0.15, 0.2) is 0 Å². The maximum atomic E-state index is 9.50. The van der Waals surface area contributed by atoms with Crippen molar-refractivity contribution in [1.29, 1.82) is 0 Å². The molecule has 5 heteroatoms. The summed E-state index contributed by atoms with van der Waals surface area (Å²) in [7, 11) is 0. The molecule has 3 aromatic rings. The molecule has 4 nitrogen and oxygen atoms in total. The van der Waals surface area contributed by atoms with E-state index in [0.29, 0.717) is 0 Å². The lowest BCUT2D eigenvalue weighted by molar-refractivity contribution is 0.475. The number of phenolic OH excluding ortho intramolecular Hbond substituents is 1. The molecule has 23 heavy (non-hydrogen) atoms. The Morgan fingerprint density at radius 2 is 1.74 bits per heavy atom. The Morgan fingerprint density at radius 1 is 1.00 bits per heavy atom. The van der Waals surface area contributed by atoms with E-state index in [9.17, 15) is 5.11 Å². The minimum absolute atomic E-state index is 0.281. The van der Waals surface area contributed by atoms with Gasteiger partial charge in [0, 0.05) is 12.2 Å². The molecule has 0 atom stereocenters. The highest BCUT2D eigenvalue weighted by Crippen LogP contribution is 2.22. The molecule has 118 valence electrons. The number of aromatic nitrogens is 2. The van der Waals surface area contributed by atoms with E-state index >= 15 is 0 Å². The third-order valence-corrected chi connectivity index (χ3v) is 4.45. The third kappa shape index (κ3) is 4.29. The van der Waals surface area contributed by atoms with Crippen molar-refractivity contribution in [1.82, 2.24) is 10.2 Å². The zero-order valence-corrected chi connectivity index (χ0v) is 13.8. The van der Waals surface area contributed by atoms with Crippen molar-refractivity contribution in [2.75, 3.05) is 11.4 Å². The van der Waals surface area contributed by atoms with E-state index in [4.69, 9.17) is 0 Å². The van der Waals surface area contributed by atoms with Gasteiger partial charge in [-0.25, -0.2) is 0 Å². The Kier molecular flexibility index (Phi) is 4.88. The monoisotopic (exact) mass is 325 g/mol. The van der Waals surface area contributed by atoms with E-state index in [2.05, 4.69) is 39.4 Å². The Labute approximate surface area is 140 Å². The summed E-state index contributed by atoms with van der Waals surface area (Å²) in [4.78, 5) is 2.27. The van der Waals surface area contributed by atoms with Gasteiger partial charge in [0.25, 0.3) is 0 Å². The van der Waals surface area contributed by atoms with Crippen molar-refractivity contribution in [3.63, 3.8) is 0 Å². The second-order valence-corrected chi connectivity index (χ2v) is 6.65. The molecule has 0 radical (unpaired) electrons. The first-order chi connectivity index (χ1) is 11.2. The second-order valence-electron chi connectivity index (χ2n) is 5.39. The summed E-state index contributed by atoms with van der Waals surface area (Å²) < 4.78 is 0. The van der Waals surface area contributed by atoms with E-state index in [1.807, 2.05) is 25.1 Å². The highest BCUT2D eigenvalue weighted by Gasteiger charge is 2.11. The van der Waals surface area contributed by atoms with E-state index in [-0.39, 0.29) is 5.75 Å². The molecule has 0 unspecified atom stereocenters. The number of hydrogen-bond acceptors (Lipinski definition) is 5. The van der Waals surface area contributed by atoms with Crippen LogP contribution in [-0.2, 0) is 13.0 Å². The molecule has 2 aromatic carbocycles. The fourth-order valence-corrected chi connectivity index (χ4v) is 3.16. The molecule has 0 amide bonds. The summed E-state index contributed by atoms with van der Waals surface area (Å²) in [5.74, 6) is 0.281. The van der Waals surface area contributed by atoms with Crippen molar-refractivity contribution in [2.24, 2.45) is 0 Å². The first-order valence-electron chi connectivity index (χ1n) is 7.57. The van der Waals surface area contributed by atoms with Crippen molar-refractivity contribution in [3.8, 4) is 5.75 Å². The summed E-state index contributed by atoms with van der Waals surface area (Å²) in [6, 6.07) is 17.8. The normalized spacial score (nSPS) is 10.7. The van der Waals surface area contributed by atoms with Gasteiger partial charge < -0.3 is 10.0 Å². The molecule has 0 aliphatic carbocycles. The minimum Gasteiger partial charge on any atom is -0.508 e. The van der Waals surface area contributed by atoms with Crippen LogP contribution in [-0.4, -0.2) is 21.8 Å². The predicted molar refractivity (Wildman–Crippen MR) is 93.9 cm³/mol. The molecule has 1 heterocycles. The quantitative estimate of drug-likeness (QED) is 0.749. The topological polar surface area (TPSA) is 49.2 Å². The number of benzene rings is 2. The number of phenols is 1. The summed E-state index contributed by atoms with van der Waals surface area (Å²) in [5.41, 5.74) is 2.39. The van der Waals surface area contributed by atoms with Crippen LogP contribution in [0.5, 0.6) is 5.75 Å². The molecule has 0 aliphatic rings. The molecule has 1 N–H and O–H groups in total. The number of anilines is 1. The van der Waals surface area contributed by atoms with Gasteiger partial charge in [-0.2, -0.15) is 0 Å². The number of hydrogen-bond donors (Lipinski definition) is 1. The minimum atomic E-state index is 0.281. The van der Waals surface area contributed by atoms with Gasteiger partial charge in [0.1, 0.15) is 15.8 Å². The van der Waals surface area contributed by atoms with Gasteiger partial charge in [-0.1, -0.05) is 41.7 Å². The van der Waals surface area contributed by atoms with Gasteiger partial charge >= 0.3 is 0 Å². The zero-order chi connectivity index (χ0) is 16.1. The Balaban J connectivity index is 1.76. The lowest BCUT2D eigenvalue weighted by Gasteiger charge is -2.24. The molecule has 3 rings (SSSR count). The van der Waals surface area contributed by atoms with Crippen LogP contribution in [0.15, 0.2) is 54.6 Å². The smallest absolute Gasteiger partial charge is 0.136 e. The third-order valence-electron chi connectivity index (χ3n) is 3.62. The van der Waals surface area contributed by atoms with Gasteiger partial charge in [-0.3, -0.25) is 0 Å². The van der Waals surface area contributed by atoms with E-state index in [0.717, 1.165) is 35.2 Å². The van der Waals surface area contributed by atoms with Crippen molar-refractivity contribution >= 4 is 17.0 Å². The molecule has 1 aromatic heterocycles. The van der Waals surface area contributed by atoms with Gasteiger partial charge in [0.05, 0.1) is 6.54 Å². The highest BCUT2D eigenvalue weighted by atomic mass is 32.1. The summed E-state index contributed by atoms with van der Waals surface area (Å²) in [6.07, 6.45) is 0.958. The van der Waals surface area contributed by atoms with Crippen LogP contribution in [0.3, 0.4) is 0 Å². The maximum absolute atomic E-state index is 9.50. The Morgan fingerprint density at radius 3 is 2.39 bits per heavy atom. The molecular formula is C18H19N3OS. The maximum Gasteiger partial charge on any atom is 0.136 e. The number of rotatable bonds is 6. The van der Waals surface area contributed by atoms with Crippen LogP contribution in [0, 0.1) is 6.92 Å². The Bertz CT molecular complexity index is 740. The molecule has 0 spiro atoms. The molecule has 0 saturated carbocycles. The lowest BCUT2D eigenvalue weighted by Crippen LogP contribution is -2.25. The molecule has 0 fully saturated rings. The summed E-state index contributed by atoms with van der Waals surface area (Å²) >= 11 is 1.62.